The summed E-state index contributed by atoms with van der Waals surface area (Å²) in [5.41, 5.74) is 0. The van der Waals surface area contributed by atoms with Crippen LogP contribution < -0.4 is 0 Å². The number of carbonyl (C=O) groups excluding carboxylic acids is 2. The average Bonchev–Trinajstić information content (AvgIpc) is 2.85. The Balaban J connectivity index is 2.16. The van der Waals surface area contributed by atoms with Crippen molar-refractivity contribution >= 4 is 34.5 Å². The van der Waals surface area contributed by atoms with Crippen molar-refractivity contribution in [1.82, 2.24) is 0 Å². The van der Waals surface area contributed by atoms with Gasteiger partial charge in [0, 0.05) is 10.3 Å². The highest BCUT2D eigenvalue weighted by molar-refractivity contribution is 14.1. The fourth-order valence-electron chi connectivity index (χ4n) is 3.52. The zero-order valence-electron chi connectivity index (χ0n) is 11.3. The minimum absolute atomic E-state index is 0.00787. The van der Waals surface area contributed by atoms with Gasteiger partial charge in [0.15, 0.2) is 0 Å². The highest BCUT2D eigenvalue weighted by atomic mass is 127. The van der Waals surface area contributed by atoms with E-state index in [4.69, 9.17) is 9.47 Å². The van der Waals surface area contributed by atoms with Crippen LogP contribution in [0.25, 0.3) is 0 Å². The van der Waals surface area contributed by atoms with Crippen LogP contribution >= 0.6 is 22.6 Å². The van der Waals surface area contributed by atoms with Crippen molar-refractivity contribution in [3.63, 3.8) is 0 Å². The molecule has 0 spiro atoms. The fraction of sp³-hybridized carbons (Fsp3) is 0.857. The smallest absolute Gasteiger partial charge is 0.309 e. The van der Waals surface area contributed by atoms with E-state index in [2.05, 4.69) is 22.6 Å². The molecule has 108 valence electrons. The van der Waals surface area contributed by atoms with Gasteiger partial charge in [0.2, 0.25) is 0 Å². The molecular formula is C14H21IO4. The van der Waals surface area contributed by atoms with Crippen LogP contribution in [-0.4, -0.2) is 30.1 Å². The van der Waals surface area contributed by atoms with E-state index >= 15 is 0 Å². The molecule has 1 aliphatic heterocycles. The predicted octanol–water partition coefficient (Wildman–Crippen LogP) is 2.58. The van der Waals surface area contributed by atoms with Gasteiger partial charge >= 0.3 is 11.9 Å². The molecule has 0 N–H and O–H groups in total. The lowest BCUT2D eigenvalue weighted by Crippen LogP contribution is -2.38. The number of ether oxygens (including phenoxy) is 2. The lowest BCUT2D eigenvalue weighted by Gasteiger charge is -2.37. The Hall–Kier alpha value is -0.330. The van der Waals surface area contributed by atoms with E-state index in [0.29, 0.717) is 24.9 Å². The molecule has 0 radical (unpaired) electrons. The van der Waals surface area contributed by atoms with Gasteiger partial charge in [-0.3, -0.25) is 9.59 Å². The number of esters is 2. The maximum atomic E-state index is 12.2. The van der Waals surface area contributed by atoms with Crippen molar-refractivity contribution in [3.05, 3.63) is 0 Å². The van der Waals surface area contributed by atoms with Gasteiger partial charge in [-0.1, -0.05) is 35.4 Å². The molecule has 2 fully saturated rings. The van der Waals surface area contributed by atoms with E-state index in [1.54, 1.807) is 0 Å². The molecule has 4 nitrogen and oxygen atoms in total. The Morgan fingerprint density at radius 2 is 2.21 bits per heavy atom. The first-order valence-corrected chi connectivity index (χ1v) is 8.49. The Bertz CT molecular complexity index is 344. The van der Waals surface area contributed by atoms with E-state index in [9.17, 15) is 9.59 Å². The van der Waals surface area contributed by atoms with Crippen LogP contribution in [0, 0.1) is 23.7 Å². The number of carbonyl (C=O) groups is 2. The van der Waals surface area contributed by atoms with Crippen LogP contribution in [0.15, 0.2) is 0 Å². The van der Waals surface area contributed by atoms with E-state index in [-0.39, 0.29) is 23.8 Å². The maximum absolute atomic E-state index is 12.2. The van der Waals surface area contributed by atoms with Crippen molar-refractivity contribution in [2.45, 2.75) is 32.1 Å². The summed E-state index contributed by atoms with van der Waals surface area (Å²) in [6.45, 7) is 0.378. The summed E-state index contributed by atoms with van der Waals surface area (Å²) in [5.74, 6) is 0.405. The van der Waals surface area contributed by atoms with E-state index in [1.165, 1.54) is 26.4 Å². The molecule has 4 atom stereocenters. The standard InChI is InChI=1S/C14H21IO4/c1-18-14(17)13(10-6-12(16)19-8-10)11-5-3-2-4-9(11)7-15/h9-11,13H,2-8H2,1H3/t9-,10-,11+,13-/m1/s1. The second-order valence-corrected chi connectivity index (χ2v) is 6.44. The van der Waals surface area contributed by atoms with Gasteiger partial charge in [0.1, 0.15) is 0 Å². The van der Waals surface area contributed by atoms with Gasteiger partial charge in [0.25, 0.3) is 0 Å². The van der Waals surface area contributed by atoms with Crippen molar-refractivity contribution in [1.29, 1.82) is 0 Å². The Morgan fingerprint density at radius 1 is 1.47 bits per heavy atom. The Kier molecular flexibility index (Phi) is 5.47. The van der Waals surface area contributed by atoms with E-state index < -0.39 is 0 Å². The summed E-state index contributed by atoms with van der Waals surface area (Å²) in [4.78, 5) is 23.5. The van der Waals surface area contributed by atoms with Crippen molar-refractivity contribution < 1.29 is 19.1 Å². The lowest BCUT2D eigenvalue weighted by molar-refractivity contribution is -0.151. The van der Waals surface area contributed by atoms with Crippen LogP contribution in [-0.2, 0) is 19.1 Å². The summed E-state index contributed by atoms with van der Waals surface area (Å²) < 4.78 is 11.1. The Morgan fingerprint density at radius 3 is 2.79 bits per heavy atom. The predicted molar refractivity (Wildman–Crippen MR) is 78.9 cm³/mol. The largest absolute Gasteiger partial charge is 0.469 e. The van der Waals surface area contributed by atoms with Gasteiger partial charge in [-0.15, -0.1) is 0 Å². The molecule has 1 saturated carbocycles. The van der Waals surface area contributed by atoms with Crippen LogP contribution in [0.5, 0.6) is 0 Å². The van der Waals surface area contributed by atoms with E-state index in [0.717, 1.165) is 10.8 Å². The highest BCUT2D eigenvalue weighted by Crippen LogP contribution is 2.42. The number of methoxy groups -OCH3 is 1. The molecule has 0 aromatic rings. The minimum Gasteiger partial charge on any atom is -0.469 e. The van der Waals surface area contributed by atoms with Gasteiger partial charge in [-0.05, 0) is 24.7 Å². The number of hydrogen-bond acceptors (Lipinski definition) is 4. The average molecular weight is 380 g/mol. The highest BCUT2D eigenvalue weighted by Gasteiger charge is 2.44. The Labute approximate surface area is 127 Å². The molecule has 0 amide bonds. The van der Waals surface area contributed by atoms with Crippen molar-refractivity contribution in [3.8, 4) is 0 Å². The molecule has 0 unspecified atom stereocenters. The summed E-state index contributed by atoms with van der Waals surface area (Å²) in [7, 11) is 1.44. The van der Waals surface area contributed by atoms with Crippen LogP contribution in [0.1, 0.15) is 32.1 Å². The molecule has 0 aromatic heterocycles. The van der Waals surface area contributed by atoms with Crippen LogP contribution in [0.4, 0.5) is 0 Å². The van der Waals surface area contributed by atoms with Crippen LogP contribution in [0.3, 0.4) is 0 Å². The fourth-order valence-corrected chi connectivity index (χ4v) is 4.61. The molecule has 1 saturated heterocycles. The SMILES string of the molecule is COC(=O)[C@H]([C@H]1COC(=O)C1)[C@H]1CCCC[C@@H]1CI. The van der Waals surface area contributed by atoms with Crippen molar-refractivity contribution in [2.75, 3.05) is 18.1 Å². The molecular weight excluding hydrogens is 359 g/mol. The molecule has 2 aliphatic rings. The zero-order valence-corrected chi connectivity index (χ0v) is 13.4. The number of halogens is 1. The molecule has 2 rings (SSSR count). The first kappa shape index (κ1) is 15.1. The van der Waals surface area contributed by atoms with Gasteiger partial charge in [-0.25, -0.2) is 0 Å². The second-order valence-electron chi connectivity index (χ2n) is 5.56. The third-order valence-corrected chi connectivity index (χ3v) is 5.63. The first-order chi connectivity index (χ1) is 9.17. The van der Waals surface area contributed by atoms with Crippen LogP contribution in [0.2, 0.25) is 0 Å². The van der Waals surface area contributed by atoms with E-state index in [1.807, 2.05) is 0 Å². The lowest BCUT2D eigenvalue weighted by atomic mass is 9.69. The molecule has 5 heteroatoms. The molecule has 1 heterocycles. The first-order valence-electron chi connectivity index (χ1n) is 6.96. The summed E-state index contributed by atoms with van der Waals surface area (Å²) >= 11 is 2.41. The topological polar surface area (TPSA) is 52.6 Å². The molecule has 1 aliphatic carbocycles. The normalized spacial score (nSPS) is 32.7. The monoisotopic (exact) mass is 380 g/mol. The van der Waals surface area contributed by atoms with Crippen molar-refractivity contribution in [2.24, 2.45) is 23.7 Å². The third kappa shape index (κ3) is 3.41. The zero-order chi connectivity index (χ0) is 13.8. The summed E-state index contributed by atoms with van der Waals surface area (Å²) in [6.07, 6.45) is 5.04. The number of cyclic esters (lactones) is 1. The molecule has 0 aromatic carbocycles. The third-order valence-electron chi connectivity index (χ3n) is 4.50. The molecule has 19 heavy (non-hydrogen) atoms. The minimum atomic E-state index is -0.180. The summed E-state index contributed by atoms with van der Waals surface area (Å²) in [5, 5.41) is 0. The number of rotatable bonds is 4. The van der Waals surface area contributed by atoms with Gasteiger partial charge < -0.3 is 9.47 Å². The number of alkyl halides is 1. The second kappa shape index (κ2) is 6.90. The number of hydrogen-bond donors (Lipinski definition) is 0. The summed E-state index contributed by atoms with van der Waals surface area (Å²) in [6, 6.07) is 0. The van der Waals surface area contributed by atoms with Gasteiger partial charge in [0.05, 0.1) is 26.1 Å². The maximum Gasteiger partial charge on any atom is 0.309 e. The molecule has 0 bridgehead atoms. The quantitative estimate of drug-likeness (QED) is 0.428. The van der Waals surface area contributed by atoms with Gasteiger partial charge in [-0.2, -0.15) is 0 Å².